The van der Waals surface area contributed by atoms with Gasteiger partial charge in [-0.15, -0.1) is 0 Å². The van der Waals surface area contributed by atoms with Crippen LogP contribution in [0.5, 0.6) is 0 Å². The molecule has 11 heteroatoms. The highest BCUT2D eigenvalue weighted by molar-refractivity contribution is 7.86. The summed E-state index contributed by atoms with van der Waals surface area (Å²) in [6.45, 7) is 3.59. The molecule has 1 fully saturated rings. The van der Waals surface area contributed by atoms with E-state index in [0.29, 0.717) is 12.8 Å². The van der Waals surface area contributed by atoms with E-state index in [9.17, 15) is 27.9 Å². The number of aliphatic hydroxyl groups is 1. The van der Waals surface area contributed by atoms with Crippen molar-refractivity contribution in [3.05, 3.63) is 0 Å². The molecule has 0 aliphatic heterocycles. The lowest BCUT2D eigenvalue weighted by Crippen LogP contribution is -2.49. The van der Waals surface area contributed by atoms with Crippen molar-refractivity contribution in [2.75, 3.05) is 18.9 Å². The van der Waals surface area contributed by atoms with Crippen LogP contribution in [0, 0.1) is 11.3 Å². The second-order valence-corrected chi connectivity index (χ2v) is 9.93. The molecule has 0 spiro atoms. The molecule has 0 heterocycles. The topological polar surface area (TPSA) is 156 Å². The quantitative estimate of drug-likeness (QED) is 0.222. The highest BCUT2D eigenvalue weighted by Gasteiger charge is 2.44. The zero-order valence-electron chi connectivity index (χ0n) is 17.8. The van der Waals surface area contributed by atoms with Crippen LogP contribution in [0.15, 0.2) is 0 Å². The predicted molar refractivity (Wildman–Crippen MR) is 107 cm³/mol. The van der Waals surface area contributed by atoms with Gasteiger partial charge in [0.05, 0.1) is 11.7 Å². The fraction of sp³-hybridized carbons (Fsp3) is 0.842. The molecule has 0 aromatic heterocycles. The fourth-order valence-corrected chi connectivity index (χ4v) is 4.46. The van der Waals surface area contributed by atoms with E-state index < -0.39 is 52.0 Å². The number of aliphatic carboxylic acids is 1. The largest absolute Gasteiger partial charge is 0.479 e. The number of nitrogens with one attached hydrogen (secondary N) is 1. The van der Waals surface area contributed by atoms with Crippen LogP contribution in [0.1, 0.15) is 59.3 Å². The van der Waals surface area contributed by atoms with E-state index in [4.69, 9.17) is 14.0 Å². The number of carbonyl (C=O) groups excluding carboxylic acids is 2. The van der Waals surface area contributed by atoms with Crippen LogP contribution >= 0.6 is 0 Å². The molecule has 0 bridgehead atoms. The Bertz CT molecular complexity index is 699. The standard InChI is InChI=1S/C19H33NO9S/c1-13(21)20-10-7-11-30(26,27)29-15(19(2,3)16(22)17(23)24)12-28-18(25)14-8-5-4-6-9-14/h14-16,22H,4-12H2,1-3H3,(H,20,21)(H,23,24)/t15?,16-/m0/s1. The van der Waals surface area contributed by atoms with Crippen molar-refractivity contribution in [3.63, 3.8) is 0 Å². The molecule has 0 saturated heterocycles. The minimum absolute atomic E-state index is 0.0818. The molecule has 3 N–H and O–H groups in total. The Morgan fingerprint density at radius 2 is 1.77 bits per heavy atom. The molecule has 0 radical (unpaired) electrons. The van der Waals surface area contributed by atoms with E-state index in [1.807, 2.05) is 0 Å². The highest BCUT2D eigenvalue weighted by Crippen LogP contribution is 2.31. The van der Waals surface area contributed by atoms with E-state index in [2.05, 4.69) is 5.32 Å². The van der Waals surface area contributed by atoms with Gasteiger partial charge in [-0.25, -0.2) is 4.79 Å². The van der Waals surface area contributed by atoms with Gasteiger partial charge in [0, 0.05) is 18.9 Å². The Morgan fingerprint density at radius 3 is 2.30 bits per heavy atom. The molecule has 1 aliphatic carbocycles. The number of carboxylic acids is 1. The summed E-state index contributed by atoms with van der Waals surface area (Å²) in [6.07, 6.45) is 0.979. The van der Waals surface area contributed by atoms with Crippen molar-refractivity contribution >= 4 is 28.0 Å². The average Bonchev–Trinajstić information content (AvgIpc) is 2.67. The molecule has 30 heavy (non-hydrogen) atoms. The maximum absolute atomic E-state index is 12.4. The first-order valence-corrected chi connectivity index (χ1v) is 11.7. The SMILES string of the molecule is CC(=O)NCCCS(=O)(=O)OC(COC(=O)C1CCCCC1)C(C)(C)[C@@H](O)C(=O)O. The van der Waals surface area contributed by atoms with Gasteiger partial charge in [-0.1, -0.05) is 33.1 Å². The Balaban J connectivity index is 2.84. The molecule has 1 saturated carbocycles. The lowest BCUT2D eigenvalue weighted by molar-refractivity contribution is -0.164. The van der Waals surface area contributed by atoms with Gasteiger partial charge in [-0.3, -0.25) is 13.8 Å². The van der Waals surface area contributed by atoms with Crippen molar-refractivity contribution in [1.82, 2.24) is 5.32 Å². The van der Waals surface area contributed by atoms with E-state index in [0.717, 1.165) is 19.3 Å². The molecule has 1 rings (SSSR count). The van der Waals surface area contributed by atoms with Gasteiger partial charge in [0.25, 0.3) is 10.1 Å². The van der Waals surface area contributed by atoms with Gasteiger partial charge in [0.1, 0.15) is 12.7 Å². The molecule has 174 valence electrons. The van der Waals surface area contributed by atoms with Gasteiger partial charge in [0.15, 0.2) is 6.10 Å². The fourth-order valence-electron chi connectivity index (χ4n) is 3.21. The normalized spacial score (nSPS) is 17.7. The molecule has 2 atom stereocenters. The molecule has 0 aromatic rings. The molecule has 10 nitrogen and oxygen atoms in total. The highest BCUT2D eigenvalue weighted by atomic mass is 32.2. The summed E-state index contributed by atoms with van der Waals surface area (Å²) in [4.78, 5) is 34.5. The Kier molecular flexibility index (Phi) is 10.2. The van der Waals surface area contributed by atoms with Gasteiger partial charge < -0.3 is 20.3 Å². The summed E-state index contributed by atoms with van der Waals surface area (Å²) < 4.78 is 35.2. The van der Waals surface area contributed by atoms with Crippen molar-refractivity contribution < 1.29 is 41.9 Å². The van der Waals surface area contributed by atoms with Crippen molar-refractivity contribution in [2.45, 2.75) is 71.5 Å². The van der Waals surface area contributed by atoms with Gasteiger partial charge in [-0.05, 0) is 19.3 Å². The lowest BCUT2D eigenvalue weighted by Gasteiger charge is -2.35. The van der Waals surface area contributed by atoms with Gasteiger partial charge in [0.2, 0.25) is 5.91 Å². The molecule has 0 aromatic carbocycles. The Hall–Kier alpha value is -1.72. The van der Waals surface area contributed by atoms with Crippen LogP contribution in [0.2, 0.25) is 0 Å². The third-order valence-corrected chi connectivity index (χ3v) is 6.61. The molecular weight excluding hydrogens is 418 g/mol. The summed E-state index contributed by atoms with van der Waals surface area (Å²) >= 11 is 0. The third-order valence-electron chi connectivity index (χ3n) is 5.29. The average molecular weight is 452 g/mol. The summed E-state index contributed by atoms with van der Waals surface area (Å²) in [7, 11) is -4.14. The molecule has 1 unspecified atom stereocenters. The first-order valence-electron chi connectivity index (χ1n) is 10.1. The number of amides is 1. The number of hydrogen-bond donors (Lipinski definition) is 3. The van der Waals surface area contributed by atoms with Crippen LogP contribution in [0.4, 0.5) is 0 Å². The molecule has 1 aliphatic rings. The number of aliphatic hydroxyl groups excluding tert-OH is 1. The van der Waals surface area contributed by atoms with Crippen LogP contribution in [0.25, 0.3) is 0 Å². The van der Waals surface area contributed by atoms with Gasteiger partial charge in [-0.2, -0.15) is 8.42 Å². The number of carboxylic acid groups (broad SMARTS) is 1. The number of carbonyl (C=O) groups is 3. The van der Waals surface area contributed by atoms with Crippen molar-refractivity contribution in [2.24, 2.45) is 11.3 Å². The number of rotatable bonds is 12. The second kappa shape index (κ2) is 11.6. The smallest absolute Gasteiger partial charge is 0.333 e. The van der Waals surface area contributed by atoms with Gasteiger partial charge >= 0.3 is 11.9 Å². The lowest BCUT2D eigenvalue weighted by atomic mass is 9.81. The van der Waals surface area contributed by atoms with Crippen molar-refractivity contribution in [1.29, 1.82) is 0 Å². The molecule has 1 amide bonds. The monoisotopic (exact) mass is 451 g/mol. The minimum Gasteiger partial charge on any atom is -0.479 e. The summed E-state index contributed by atoms with van der Waals surface area (Å²) in [5.41, 5.74) is -1.57. The van der Waals surface area contributed by atoms with Crippen LogP contribution in [0.3, 0.4) is 0 Å². The summed E-state index contributed by atoms with van der Waals surface area (Å²) in [5.74, 6) is -3.03. The zero-order valence-corrected chi connectivity index (χ0v) is 18.6. The first-order chi connectivity index (χ1) is 13.9. The zero-order chi connectivity index (χ0) is 22.9. The van der Waals surface area contributed by atoms with E-state index in [-0.39, 0.29) is 24.8 Å². The van der Waals surface area contributed by atoms with Crippen LogP contribution < -0.4 is 5.32 Å². The maximum Gasteiger partial charge on any atom is 0.333 e. The van der Waals surface area contributed by atoms with E-state index in [1.54, 1.807) is 0 Å². The van der Waals surface area contributed by atoms with E-state index >= 15 is 0 Å². The maximum atomic E-state index is 12.4. The first kappa shape index (κ1) is 26.3. The second-order valence-electron chi connectivity index (χ2n) is 8.21. The number of ether oxygens (including phenoxy) is 1. The number of hydrogen-bond acceptors (Lipinski definition) is 8. The third kappa shape index (κ3) is 8.57. The summed E-state index contributed by atoms with van der Waals surface area (Å²) in [5, 5.41) is 21.7. The summed E-state index contributed by atoms with van der Waals surface area (Å²) in [6, 6.07) is 0. The van der Waals surface area contributed by atoms with E-state index in [1.165, 1.54) is 20.8 Å². The Labute approximate surface area is 177 Å². The van der Waals surface area contributed by atoms with Crippen LogP contribution in [-0.2, 0) is 33.4 Å². The number of esters is 1. The van der Waals surface area contributed by atoms with Crippen LogP contribution in [-0.4, -0.2) is 67.6 Å². The van der Waals surface area contributed by atoms with Crippen molar-refractivity contribution in [3.8, 4) is 0 Å². The minimum atomic E-state index is -4.14. The Morgan fingerprint density at radius 1 is 1.17 bits per heavy atom. The molecular formula is C19H33NO9S. The predicted octanol–water partition coefficient (Wildman–Crippen LogP) is 0.823.